The van der Waals surface area contributed by atoms with Crippen LogP contribution in [0.2, 0.25) is 10.0 Å². The zero-order valence-corrected chi connectivity index (χ0v) is 15.3. The zero-order valence-electron chi connectivity index (χ0n) is 13.0. The Morgan fingerprint density at radius 2 is 1.44 bits per heavy atom. The van der Waals surface area contributed by atoms with Crippen LogP contribution in [-0.4, -0.2) is 38.0 Å². The van der Waals surface area contributed by atoms with Gasteiger partial charge in [0.15, 0.2) is 9.84 Å². The van der Waals surface area contributed by atoms with Gasteiger partial charge >= 0.3 is 6.03 Å². The first-order valence-electron chi connectivity index (χ1n) is 7.70. The minimum absolute atomic E-state index is 0.0525. The Balaban J connectivity index is 1.81. The largest absolute Gasteiger partial charge is 0.329 e. The van der Waals surface area contributed by atoms with Gasteiger partial charge in [-0.3, -0.25) is 9.80 Å². The number of benzene rings is 2. The lowest BCUT2D eigenvalue weighted by Crippen LogP contribution is -2.37. The number of anilines is 2. The monoisotopic (exact) mass is 396 g/mol. The van der Waals surface area contributed by atoms with Gasteiger partial charge in [0.05, 0.1) is 23.6 Å². The maximum atomic E-state index is 13.1. The number of rotatable bonds is 2. The quantitative estimate of drug-likeness (QED) is 0.728. The summed E-state index contributed by atoms with van der Waals surface area (Å²) in [7, 11) is -3.22. The van der Waals surface area contributed by atoms with Crippen LogP contribution in [0.1, 0.15) is 0 Å². The Hall–Kier alpha value is -1.76. The molecular formula is C17H14Cl2N2O3S. The first-order chi connectivity index (χ1) is 11.9. The summed E-state index contributed by atoms with van der Waals surface area (Å²) in [6.07, 6.45) is 0. The SMILES string of the molecule is O=C1N(c2ccc(Cl)cc2)[C@@H]2CS(=O)(=O)C[C@H]2N1c1cccc(Cl)c1. The molecule has 4 rings (SSSR count). The Kier molecular flexibility index (Phi) is 3.94. The molecule has 0 unspecified atom stereocenters. The van der Waals surface area contributed by atoms with Gasteiger partial charge in [0, 0.05) is 21.4 Å². The number of hydrogen-bond donors (Lipinski definition) is 0. The lowest BCUT2D eigenvalue weighted by molar-refractivity contribution is 0.255. The summed E-state index contributed by atoms with van der Waals surface area (Å²) in [6.45, 7) is 0. The van der Waals surface area contributed by atoms with Gasteiger partial charge in [0.2, 0.25) is 0 Å². The van der Waals surface area contributed by atoms with E-state index < -0.39 is 21.9 Å². The number of fused-ring (bicyclic) bond motifs is 1. The molecule has 0 radical (unpaired) electrons. The molecule has 2 atom stereocenters. The van der Waals surface area contributed by atoms with Gasteiger partial charge < -0.3 is 0 Å². The van der Waals surface area contributed by atoms with Crippen LogP contribution in [0.4, 0.5) is 16.2 Å². The lowest BCUT2D eigenvalue weighted by Gasteiger charge is -2.22. The summed E-state index contributed by atoms with van der Waals surface area (Å²) in [5.74, 6) is -0.108. The molecular weight excluding hydrogens is 383 g/mol. The van der Waals surface area contributed by atoms with Gasteiger partial charge in [-0.2, -0.15) is 0 Å². The molecule has 2 aliphatic heterocycles. The number of halogens is 2. The molecule has 2 aromatic rings. The van der Waals surface area contributed by atoms with E-state index in [1.165, 1.54) is 4.90 Å². The predicted molar refractivity (Wildman–Crippen MR) is 99.5 cm³/mol. The van der Waals surface area contributed by atoms with Crippen molar-refractivity contribution in [2.24, 2.45) is 0 Å². The van der Waals surface area contributed by atoms with Gasteiger partial charge in [0.1, 0.15) is 0 Å². The Morgan fingerprint density at radius 3 is 2.04 bits per heavy atom. The molecule has 0 saturated carbocycles. The molecule has 130 valence electrons. The van der Waals surface area contributed by atoms with Crippen molar-refractivity contribution in [2.75, 3.05) is 21.3 Å². The fraction of sp³-hybridized carbons (Fsp3) is 0.235. The topological polar surface area (TPSA) is 57.7 Å². The van der Waals surface area contributed by atoms with E-state index in [1.807, 2.05) is 0 Å². The average molecular weight is 397 g/mol. The van der Waals surface area contributed by atoms with E-state index in [2.05, 4.69) is 0 Å². The third-order valence-corrected chi connectivity index (χ3v) is 6.75. The van der Waals surface area contributed by atoms with E-state index in [0.29, 0.717) is 21.4 Å². The first kappa shape index (κ1) is 16.7. The van der Waals surface area contributed by atoms with Crippen LogP contribution in [-0.2, 0) is 9.84 Å². The van der Waals surface area contributed by atoms with Gasteiger partial charge in [0.25, 0.3) is 0 Å². The van der Waals surface area contributed by atoms with Gasteiger partial charge in [-0.1, -0.05) is 29.3 Å². The Labute approximate surface area is 155 Å². The molecule has 2 saturated heterocycles. The standard InChI is InChI=1S/C17H14Cl2N2O3S/c18-11-4-6-13(7-5-11)20-15-9-25(23,24)10-16(15)21(17(20)22)14-3-1-2-12(19)8-14/h1-8,15-16H,9-10H2/t15-,16-/m1/s1. The number of sulfone groups is 1. The smallest absolute Gasteiger partial charge is 0.288 e. The fourth-order valence-electron chi connectivity index (χ4n) is 3.54. The number of urea groups is 1. The molecule has 2 heterocycles. The van der Waals surface area contributed by atoms with Crippen molar-refractivity contribution in [1.82, 2.24) is 0 Å². The minimum atomic E-state index is -3.22. The van der Waals surface area contributed by atoms with E-state index in [-0.39, 0.29) is 17.5 Å². The number of carbonyl (C=O) groups is 1. The van der Waals surface area contributed by atoms with Crippen molar-refractivity contribution in [1.29, 1.82) is 0 Å². The molecule has 2 amide bonds. The molecule has 0 aliphatic carbocycles. The van der Waals surface area contributed by atoms with Gasteiger partial charge in [-0.25, -0.2) is 13.2 Å². The highest BCUT2D eigenvalue weighted by Gasteiger charge is 2.54. The summed E-state index contributed by atoms with van der Waals surface area (Å²) in [4.78, 5) is 16.2. The highest BCUT2D eigenvalue weighted by Crippen LogP contribution is 2.38. The third kappa shape index (κ3) is 2.88. The van der Waals surface area contributed by atoms with Crippen LogP contribution in [0.3, 0.4) is 0 Å². The third-order valence-electron chi connectivity index (χ3n) is 4.56. The van der Waals surface area contributed by atoms with Crippen LogP contribution < -0.4 is 9.80 Å². The van der Waals surface area contributed by atoms with Crippen LogP contribution in [0.15, 0.2) is 48.5 Å². The molecule has 0 N–H and O–H groups in total. The molecule has 0 aromatic heterocycles. The molecule has 0 spiro atoms. The maximum Gasteiger partial charge on any atom is 0.329 e. The average Bonchev–Trinajstić information content (AvgIpc) is 2.97. The molecule has 8 heteroatoms. The van der Waals surface area contributed by atoms with Crippen molar-refractivity contribution in [2.45, 2.75) is 12.1 Å². The Bertz CT molecular complexity index is 947. The van der Waals surface area contributed by atoms with Crippen molar-refractivity contribution < 1.29 is 13.2 Å². The number of nitrogens with zero attached hydrogens (tertiary/aromatic N) is 2. The normalized spacial score (nSPS) is 24.6. The number of hydrogen-bond acceptors (Lipinski definition) is 3. The molecule has 0 bridgehead atoms. The summed E-state index contributed by atoms with van der Waals surface area (Å²) in [6, 6.07) is 12.6. The van der Waals surface area contributed by atoms with E-state index in [1.54, 1.807) is 53.4 Å². The molecule has 2 aromatic carbocycles. The summed E-state index contributed by atoms with van der Waals surface area (Å²) in [5, 5.41) is 1.05. The van der Waals surface area contributed by atoms with Gasteiger partial charge in [-0.05, 0) is 42.5 Å². The summed E-state index contributed by atoms with van der Waals surface area (Å²) in [5.41, 5.74) is 1.23. The van der Waals surface area contributed by atoms with Crippen LogP contribution in [0.25, 0.3) is 0 Å². The van der Waals surface area contributed by atoms with E-state index in [9.17, 15) is 13.2 Å². The second-order valence-corrected chi connectivity index (χ2v) is 9.22. The van der Waals surface area contributed by atoms with E-state index >= 15 is 0 Å². The highest BCUT2D eigenvalue weighted by atomic mass is 35.5. The van der Waals surface area contributed by atoms with Crippen LogP contribution in [0, 0.1) is 0 Å². The molecule has 2 aliphatic rings. The Morgan fingerprint density at radius 1 is 0.840 bits per heavy atom. The molecule has 25 heavy (non-hydrogen) atoms. The van der Waals surface area contributed by atoms with Crippen molar-refractivity contribution in [3.8, 4) is 0 Å². The zero-order chi connectivity index (χ0) is 17.8. The number of amides is 2. The van der Waals surface area contributed by atoms with Gasteiger partial charge in [-0.15, -0.1) is 0 Å². The van der Waals surface area contributed by atoms with Crippen LogP contribution in [0.5, 0.6) is 0 Å². The highest BCUT2D eigenvalue weighted by molar-refractivity contribution is 7.91. The van der Waals surface area contributed by atoms with E-state index in [4.69, 9.17) is 23.2 Å². The molecule has 5 nitrogen and oxygen atoms in total. The first-order valence-corrected chi connectivity index (χ1v) is 10.3. The predicted octanol–water partition coefficient (Wildman–Crippen LogP) is 3.61. The van der Waals surface area contributed by atoms with E-state index in [0.717, 1.165) is 0 Å². The van der Waals surface area contributed by atoms with Crippen molar-refractivity contribution in [3.05, 3.63) is 58.6 Å². The summed E-state index contributed by atoms with van der Waals surface area (Å²) < 4.78 is 24.4. The lowest BCUT2D eigenvalue weighted by atomic mass is 10.1. The number of carbonyl (C=O) groups excluding carboxylic acids is 1. The second kappa shape index (κ2) is 5.90. The maximum absolute atomic E-state index is 13.1. The van der Waals surface area contributed by atoms with Crippen molar-refractivity contribution in [3.63, 3.8) is 0 Å². The fourth-order valence-corrected chi connectivity index (χ4v) is 5.76. The molecule has 2 fully saturated rings. The second-order valence-electron chi connectivity index (χ2n) is 6.19. The summed E-state index contributed by atoms with van der Waals surface area (Å²) >= 11 is 12.0. The van der Waals surface area contributed by atoms with Crippen molar-refractivity contribution >= 4 is 50.4 Å². The minimum Gasteiger partial charge on any atom is -0.288 e. The van der Waals surface area contributed by atoms with Crippen LogP contribution >= 0.6 is 23.2 Å².